The SMILES string of the molecule is O=C(CNCCCO)NCCc1ccc2c(c1)OCO2. The number of carbonyl (C=O) groups is 1. The van der Waals surface area contributed by atoms with E-state index in [0.29, 0.717) is 19.5 Å². The van der Waals surface area contributed by atoms with Gasteiger partial charge in [0.2, 0.25) is 12.7 Å². The number of ether oxygens (including phenoxy) is 2. The molecular weight excluding hydrogens is 260 g/mol. The Morgan fingerprint density at radius 1 is 1.25 bits per heavy atom. The summed E-state index contributed by atoms with van der Waals surface area (Å²) in [5.74, 6) is 1.49. The van der Waals surface area contributed by atoms with Crippen LogP contribution in [-0.2, 0) is 11.2 Å². The summed E-state index contributed by atoms with van der Waals surface area (Å²) < 4.78 is 10.5. The van der Waals surface area contributed by atoms with Crippen molar-refractivity contribution < 1.29 is 19.4 Å². The lowest BCUT2D eigenvalue weighted by Crippen LogP contribution is -2.35. The molecule has 6 heteroatoms. The summed E-state index contributed by atoms with van der Waals surface area (Å²) in [6.07, 6.45) is 1.41. The van der Waals surface area contributed by atoms with Crippen molar-refractivity contribution in [1.82, 2.24) is 10.6 Å². The van der Waals surface area contributed by atoms with Crippen LogP contribution >= 0.6 is 0 Å². The summed E-state index contributed by atoms with van der Waals surface area (Å²) in [7, 11) is 0. The number of aliphatic hydroxyl groups excluding tert-OH is 1. The number of hydrogen-bond donors (Lipinski definition) is 3. The van der Waals surface area contributed by atoms with Gasteiger partial charge in [-0.3, -0.25) is 4.79 Å². The van der Waals surface area contributed by atoms with Gasteiger partial charge in [0.1, 0.15) is 0 Å². The minimum absolute atomic E-state index is 0.0383. The minimum Gasteiger partial charge on any atom is -0.454 e. The summed E-state index contributed by atoms with van der Waals surface area (Å²) >= 11 is 0. The van der Waals surface area contributed by atoms with Gasteiger partial charge in [-0.15, -0.1) is 0 Å². The van der Waals surface area contributed by atoms with Crippen molar-refractivity contribution in [1.29, 1.82) is 0 Å². The fourth-order valence-electron chi connectivity index (χ4n) is 1.91. The molecule has 0 aromatic heterocycles. The number of carbonyl (C=O) groups excluding carboxylic acids is 1. The Hall–Kier alpha value is -1.79. The lowest BCUT2D eigenvalue weighted by molar-refractivity contribution is -0.120. The van der Waals surface area contributed by atoms with Gasteiger partial charge in [0, 0.05) is 13.2 Å². The zero-order chi connectivity index (χ0) is 14.2. The number of amides is 1. The molecule has 1 aromatic rings. The second-order valence-corrected chi connectivity index (χ2v) is 4.54. The van der Waals surface area contributed by atoms with Crippen molar-refractivity contribution in [3.63, 3.8) is 0 Å². The molecule has 3 N–H and O–H groups in total. The molecule has 2 rings (SSSR count). The highest BCUT2D eigenvalue weighted by Gasteiger charge is 2.12. The van der Waals surface area contributed by atoms with E-state index in [-0.39, 0.29) is 25.9 Å². The third kappa shape index (κ3) is 4.40. The predicted molar refractivity (Wildman–Crippen MR) is 73.9 cm³/mol. The third-order valence-corrected chi connectivity index (χ3v) is 2.97. The molecule has 0 unspecified atom stereocenters. The van der Waals surface area contributed by atoms with Crippen molar-refractivity contribution in [3.05, 3.63) is 23.8 Å². The van der Waals surface area contributed by atoms with Gasteiger partial charge in [0.15, 0.2) is 11.5 Å². The lowest BCUT2D eigenvalue weighted by Gasteiger charge is -2.07. The van der Waals surface area contributed by atoms with E-state index in [1.165, 1.54) is 0 Å². The predicted octanol–water partition coefficient (Wildman–Crippen LogP) is 0.0460. The first-order valence-electron chi connectivity index (χ1n) is 6.76. The smallest absolute Gasteiger partial charge is 0.233 e. The fourth-order valence-corrected chi connectivity index (χ4v) is 1.91. The molecule has 1 aliphatic heterocycles. The van der Waals surface area contributed by atoms with E-state index in [9.17, 15) is 4.79 Å². The quantitative estimate of drug-likeness (QED) is 0.586. The maximum atomic E-state index is 11.5. The molecule has 110 valence electrons. The molecule has 1 aromatic carbocycles. The summed E-state index contributed by atoms with van der Waals surface area (Å²) in [5.41, 5.74) is 1.10. The van der Waals surface area contributed by atoms with Crippen LogP contribution in [0, 0.1) is 0 Å². The van der Waals surface area contributed by atoms with Crippen LogP contribution in [0.25, 0.3) is 0 Å². The average molecular weight is 280 g/mol. The van der Waals surface area contributed by atoms with Gasteiger partial charge in [0.05, 0.1) is 6.54 Å². The maximum absolute atomic E-state index is 11.5. The molecule has 6 nitrogen and oxygen atoms in total. The van der Waals surface area contributed by atoms with Crippen LogP contribution in [0.5, 0.6) is 11.5 Å². The molecule has 1 aliphatic rings. The molecular formula is C14H20N2O4. The van der Waals surface area contributed by atoms with Crippen molar-refractivity contribution >= 4 is 5.91 Å². The van der Waals surface area contributed by atoms with E-state index in [1.807, 2.05) is 18.2 Å². The number of hydrogen-bond acceptors (Lipinski definition) is 5. The van der Waals surface area contributed by atoms with Crippen LogP contribution in [0.3, 0.4) is 0 Å². The highest BCUT2D eigenvalue weighted by atomic mass is 16.7. The Kier molecular flexibility index (Phi) is 5.64. The van der Waals surface area contributed by atoms with Crippen molar-refractivity contribution in [2.75, 3.05) is 33.0 Å². The first-order chi connectivity index (χ1) is 9.79. The number of benzene rings is 1. The second-order valence-electron chi connectivity index (χ2n) is 4.54. The fraction of sp³-hybridized carbons (Fsp3) is 0.500. The molecule has 0 radical (unpaired) electrons. The number of aliphatic hydroxyl groups is 1. The van der Waals surface area contributed by atoms with Crippen molar-refractivity contribution in [2.45, 2.75) is 12.8 Å². The number of rotatable bonds is 8. The Bertz CT molecular complexity index is 451. The van der Waals surface area contributed by atoms with Gasteiger partial charge in [0.25, 0.3) is 0 Å². The number of nitrogens with one attached hydrogen (secondary N) is 2. The van der Waals surface area contributed by atoms with E-state index in [1.54, 1.807) is 0 Å². The van der Waals surface area contributed by atoms with Gasteiger partial charge in [-0.1, -0.05) is 6.07 Å². The van der Waals surface area contributed by atoms with Gasteiger partial charge in [-0.25, -0.2) is 0 Å². The summed E-state index contributed by atoms with van der Waals surface area (Å²) in [5, 5.41) is 14.4. The standard InChI is InChI=1S/C14H20N2O4/c17-7-1-5-15-9-14(18)16-6-4-11-2-3-12-13(8-11)20-10-19-12/h2-3,8,15,17H,1,4-7,9-10H2,(H,16,18). The summed E-state index contributed by atoms with van der Waals surface area (Å²) in [6, 6.07) is 5.79. The Balaban J connectivity index is 1.64. The van der Waals surface area contributed by atoms with Crippen LogP contribution in [0.15, 0.2) is 18.2 Å². The van der Waals surface area contributed by atoms with Crippen LogP contribution in [0.4, 0.5) is 0 Å². The highest BCUT2D eigenvalue weighted by Crippen LogP contribution is 2.32. The molecule has 1 amide bonds. The van der Waals surface area contributed by atoms with Gasteiger partial charge in [-0.2, -0.15) is 0 Å². The van der Waals surface area contributed by atoms with Crippen molar-refractivity contribution in [3.8, 4) is 11.5 Å². The molecule has 0 spiro atoms. The minimum atomic E-state index is -0.0383. The Morgan fingerprint density at radius 2 is 2.10 bits per heavy atom. The largest absolute Gasteiger partial charge is 0.454 e. The van der Waals surface area contributed by atoms with Crippen molar-refractivity contribution in [2.24, 2.45) is 0 Å². The van der Waals surface area contributed by atoms with Gasteiger partial charge >= 0.3 is 0 Å². The zero-order valence-electron chi connectivity index (χ0n) is 11.4. The lowest BCUT2D eigenvalue weighted by atomic mass is 10.1. The van der Waals surface area contributed by atoms with Crippen LogP contribution in [0.2, 0.25) is 0 Å². The Morgan fingerprint density at radius 3 is 2.95 bits per heavy atom. The van der Waals surface area contributed by atoms with E-state index >= 15 is 0 Å². The first kappa shape index (κ1) is 14.6. The Labute approximate surface area is 118 Å². The van der Waals surface area contributed by atoms with Gasteiger partial charge < -0.3 is 25.2 Å². The third-order valence-electron chi connectivity index (χ3n) is 2.97. The highest BCUT2D eigenvalue weighted by molar-refractivity contribution is 5.77. The molecule has 0 fully saturated rings. The van der Waals surface area contributed by atoms with E-state index in [2.05, 4.69) is 10.6 Å². The average Bonchev–Trinajstić information content (AvgIpc) is 2.91. The summed E-state index contributed by atoms with van der Waals surface area (Å²) in [4.78, 5) is 11.5. The van der Waals surface area contributed by atoms with Crippen LogP contribution in [0.1, 0.15) is 12.0 Å². The van der Waals surface area contributed by atoms with Gasteiger partial charge in [-0.05, 0) is 37.1 Å². The maximum Gasteiger partial charge on any atom is 0.233 e. The molecule has 0 atom stereocenters. The molecule has 20 heavy (non-hydrogen) atoms. The van der Waals surface area contributed by atoms with E-state index in [0.717, 1.165) is 23.5 Å². The van der Waals surface area contributed by atoms with E-state index in [4.69, 9.17) is 14.6 Å². The van der Waals surface area contributed by atoms with E-state index < -0.39 is 0 Å². The summed E-state index contributed by atoms with van der Waals surface area (Å²) in [6.45, 7) is 1.92. The molecule has 1 heterocycles. The normalized spacial score (nSPS) is 12.4. The monoisotopic (exact) mass is 280 g/mol. The first-order valence-corrected chi connectivity index (χ1v) is 6.76. The second kappa shape index (κ2) is 7.72. The topological polar surface area (TPSA) is 79.8 Å². The molecule has 0 saturated carbocycles. The molecule has 0 bridgehead atoms. The van der Waals surface area contributed by atoms with Crippen LogP contribution in [-0.4, -0.2) is 44.0 Å². The zero-order valence-corrected chi connectivity index (χ0v) is 11.4. The molecule has 0 saturated heterocycles. The van der Waals surface area contributed by atoms with Crippen LogP contribution < -0.4 is 20.1 Å². The number of fused-ring (bicyclic) bond motifs is 1. The molecule has 0 aliphatic carbocycles.